The van der Waals surface area contributed by atoms with Crippen molar-refractivity contribution in [2.75, 3.05) is 13.8 Å². The summed E-state index contributed by atoms with van der Waals surface area (Å²) in [7, 11) is 1.55. The summed E-state index contributed by atoms with van der Waals surface area (Å²) in [5, 5.41) is 0. The van der Waals surface area contributed by atoms with Crippen LogP contribution in [0.4, 0.5) is 4.39 Å². The molecule has 2 atom stereocenters. The van der Waals surface area contributed by atoms with Crippen molar-refractivity contribution in [2.45, 2.75) is 25.5 Å². The van der Waals surface area contributed by atoms with Crippen molar-refractivity contribution in [3.63, 3.8) is 0 Å². The molecule has 15 heavy (non-hydrogen) atoms. The first-order valence-electron chi connectivity index (χ1n) is 5.16. The average molecular weight is 211 g/mol. The highest BCUT2D eigenvalue weighted by molar-refractivity contribution is 5.25. The zero-order valence-corrected chi connectivity index (χ0v) is 9.24. The fourth-order valence-corrected chi connectivity index (χ4v) is 1.58. The summed E-state index contributed by atoms with van der Waals surface area (Å²) < 4.78 is 17.6. The second-order valence-electron chi connectivity index (χ2n) is 3.57. The molecule has 0 radical (unpaired) electrons. The van der Waals surface area contributed by atoms with Crippen molar-refractivity contribution in [2.24, 2.45) is 5.73 Å². The summed E-state index contributed by atoms with van der Waals surface area (Å²) >= 11 is 0. The fraction of sp³-hybridized carbons (Fsp3) is 0.500. The van der Waals surface area contributed by atoms with Crippen molar-refractivity contribution in [1.82, 2.24) is 0 Å². The molecule has 0 aliphatic carbocycles. The van der Waals surface area contributed by atoms with Gasteiger partial charge in [-0.1, -0.05) is 31.2 Å². The molecule has 0 aliphatic heterocycles. The van der Waals surface area contributed by atoms with Crippen LogP contribution in [-0.2, 0) is 11.2 Å². The number of alkyl halides is 1. The summed E-state index contributed by atoms with van der Waals surface area (Å²) in [6.07, 6.45) is 0.633. The molecule has 0 bridgehead atoms. The number of benzene rings is 1. The lowest BCUT2D eigenvalue weighted by atomic mass is 10.0. The predicted octanol–water partition coefficient (Wildman–Crippen LogP) is 2.23. The van der Waals surface area contributed by atoms with Gasteiger partial charge < -0.3 is 10.5 Å². The topological polar surface area (TPSA) is 35.2 Å². The fourth-order valence-electron chi connectivity index (χ4n) is 1.58. The Kier molecular flexibility index (Phi) is 4.72. The summed E-state index contributed by atoms with van der Waals surface area (Å²) in [6.45, 7) is 1.52. The van der Waals surface area contributed by atoms with E-state index < -0.39 is 12.7 Å². The number of aryl methyl sites for hydroxylation is 1. The van der Waals surface area contributed by atoms with Crippen LogP contribution in [0.15, 0.2) is 24.3 Å². The number of nitrogens with two attached hydrogens (primary N) is 1. The highest BCUT2D eigenvalue weighted by Gasteiger charge is 2.18. The molecule has 2 unspecified atom stereocenters. The van der Waals surface area contributed by atoms with E-state index >= 15 is 0 Å². The maximum absolute atomic E-state index is 12.4. The molecule has 2 N–H and O–H groups in total. The van der Waals surface area contributed by atoms with E-state index in [4.69, 9.17) is 10.5 Å². The van der Waals surface area contributed by atoms with Gasteiger partial charge in [-0.3, -0.25) is 0 Å². The molecule has 84 valence electrons. The van der Waals surface area contributed by atoms with Gasteiger partial charge in [0, 0.05) is 7.11 Å². The molecule has 0 saturated carbocycles. The molecule has 2 nitrogen and oxygen atoms in total. The maximum atomic E-state index is 12.4. The molecule has 0 saturated heterocycles. The van der Waals surface area contributed by atoms with E-state index in [2.05, 4.69) is 6.92 Å². The third-order valence-electron chi connectivity index (χ3n) is 2.54. The number of halogens is 1. The van der Waals surface area contributed by atoms with Crippen LogP contribution in [0.3, 0.4) is 0 Å². The average Bonchev–Trinajstić information content (AvgIpc) is 2.30. The third-order valence-corrected chi connectivity index (χ3v) is 2.54. The minimum absolute atomic E-state index is 0.360. The molecule has 0 spiro atoms. The second-order valence-corrected chi connectivity index (χ2v) is 3.57. The van der Waals surface area contributed by atoms with Gasteiger partial charge in [-0.25, -0.2) is 4.39 Å². The Morgan fingerprint density at radius 3 is 2.33 bits per heavy atom. The van der Waals surface area contributed by atoms with Crippen LogP contribution in [0.5, 0.6) is 0 Å². The van der Waals surface area contributed by atoms with Crippen molar-refractivity contribution in [3.8, 4) is 0 Å². The summed E-state index contributed by atoms with van der Waals surface area (Å²) in [5.74, 6) is 0. The van der Waals surface area contributed by atoms with Crippen LogP contribution in [0.2, 0.25) is 0 Å². The lowest BCUT2D eigenvalue weighted by Gasteiger charge is -2.20. The van der Waals surface area contributed by atoms with Gasteiger partial charge in [-0.05, 0) is 17.5 Å². The quantitative estimate of drug-likeness (QED) is 0.810. The Hall–Kier alpha value is -0.930. The first kappa shape index (κ1) is 12.1. The minimum Gasteiger partial charge on any atom is -0.375 e. The molecule has 0 fully saturated rings. The molecule has 0 aliphatic rings. The van der Waals surface area contributed by atoms with Gasteiger partial charge in [-0.2, -0.15) is 0 Å². The summed E-state index contributed by atoms with van der Waals surface area (Å²) in [6, 6.07) is 7.34. The first-order valence-corrected chi connectivity index (χ1v) is 5.16. The minimum atomic E-state index is -0.595. The number of hydrogen-bond acceptors (Lipinski definition) is 2. The van der Waals surface area contributed by atoms with E-state index in [0.717, 1.165) is 12.0 Å². The van der Waals surface area contributed by atoms with E-state index in [9.17, 15) is 4.39 Å². The predicted molar refractivity (Wildman–Crippen MR) is 59.5 cm³/mol. The van der Waals surface area contributed by atoms with Gasteiger partial charge in [0.25, 0.3) is 0 Å². The molecule has 0 heterocycles. The first-order chi connectivity index (χ1) is 7.22. The molecular weight excluding hydrogens is 193 g/mol. The van der Waals surface area contributed by atoms with Gasteiger partial charge in [-0.15, -0.1) is 0 Å². The molecule has 1 aromatic rings. The highest BCUT2D eigenvalue weighted by atomic mass is 19.1. The van der Waals surface area contributed by atoms with Crippen molar-refractivity contribution >= 4 is 0 Å². The molecule has 1 rings (SSSR count). The van der Waals surface area contributed by atoms with Gasteiger partial charge in [0.2, 0.25) is 0 Å². The van der Waals surface area contributed by atoms with E-state index in [0.29, 0.717) is 0 Å². The normalized spacial score (nSPS) is 14.9. The Labute approximate surface area is 90.2 Å². The maximum Gasteiger partial charge on any atom is 0.107 e. The standard InChI is InChI=1S/C12H18FNO/c1-3-9-4-6-10(7-5-9)12(15-2)11(14)8-13/h4-7,11-12H,3,8,14H2,1-2H3. The second kappa shape index (κ2) is 5.83. The van der Waals surface area contributed by atoms with E-state index in [-0.39, 0.29) is 6.10 Å². The van der Waals surface area contributed by atoms with Gasteiger partial charge in [0.15, 0.2) is 0 Å². The molecule has 3 heteroatoms. The molecule has 0 amide bonds. The number of rotatable bonds is 5. The smallest absolute Gasteiger partial charge is 0.107 e. The number of methoxy groups -OCH3 is 1. The van der Waals surface area contributed by atoms with Crippen LogP contribution in [0.25, 0.3) is 0 Å². The summed E-state index contributed by atoms with van der Waals surface area (Å²) in [4.78, 5) is 0. The van der Waals surface area contributed by atoms with Crippen LogP contribution in [0.1, 0.15) is 24.2 Å². The lowest BCUT2D eigenvalue weighted by Crippen LogP contribution is -2.31. The Balaban J connectivity index is 2.83. The zero-order valence-electron chi connectivity index (χ0n) is 9.24. The van der Waals surface area contributed by atoms with Crippen molar-refractivity contribution in [1.29, 1.82) is 0 Å². The van der Waals surface area contributed by atoms with Gasteiger partial charge >= 0.3 is 0 Å². The molecular formula is C12H18FNO. The summed E-state index contributed by atoms with van der Waals surface area (Å²) in [5.41, 5.74) is 7.81. The van der Waals surface area contributed by atoms with Crippen LogP contribution in [-0.4, -0.2) is 19.8 Å². The third kappa shape index (κ3) is 3.01. The van der Waals surface area contributed by atoms with Crippen LogP contribution >= 0.6 is 0 Å². The van der Waals surface area contributed by atoms with E-state index in [1.54, 1.807) is 7.11 Å². The van der Waals surface area contributed by atoms with Gasteiger partial charge in [0.05, 0.1) is 12.1 Å². The monoisotopic (exact) mass is 211 g/mol. The number of hydrogen-bond donors (Lipinski definition) is 1. The molecule has 1 aromatic carbocycles. The van der Waals surface area contributed by atoms with Crippen LogP contribution < -0.4 is 5.73 Å². The van der Waals surface area contributed by atoms with Crippen molar-refractivity contribution < 1.29 is 9.13 Å². The Morgan fingerprint density at radius 1 is 1.33 bits per heavy atom. The SMILES string of the molecule is CCc1ccc(C(OC)C(N)CF)cc1. The van der Waals surface area contributed by atoms with Gasteiger partial charge in [0.1, 0.15) is 6.67 Å². The number of ether oxygens (including phenoxy) is 1. The lowest BCUT2D eigenvalue weighted by molar-refractivity contribution is 0.0720. The zero-order chi connectivity index (χ0) is 11.3. The van der Waals surface area contributed by atoms with E-state index in [1.807, 2.05) is 24.3 Å². The van der Waals surface area contributed by atoms with E-state index in [1.165, 1.54) is 5.56 Å². The highest BCUT2D eigenvalue weighted by Crippen LogP contribution is 2.20. The largest absolute Gasteiger partial charge is 0.375 e. The van der Waals surface area contributed by atoms with Crippen molar-refractivity contribution in [3.05, 3.63) is 35.4 Å². The Bertz CT molecular complexity index is 286. The van der Waals surface area contributed by atoms with Crippen LogP contribution in [0, 0.1) is 0 Å². The Morgan fingerprint density at radius 2 is 1.93 bits per heavy atom. The molecule has 0 aromatic heterocycles.